The maximum atomic E-state index is 4.85. The van der Waals surface area contributed by atoms with Crippen LogP contribution in [-0.4, -0.2) is 65.1 Å². The number of para-hydroxylation sites is 1. The van der Waals surface area contributed by atoms with Crippen molar-refractivity contribution in [1.82, 2.24) is 9.88 Å². The largest absolute Gasteiger partial charge is 0.347 e. The van der Waals surface area contributed by atoms with Gasteiger partial charge in [0.05, 0.1) is 10.2 Å². The number of benzene rings is 1. The van der Waals surface area contributed by atoms with Crippen LogP contribution < -0.4 is 4.90 Å². The van der Waals surface area contributed by atoms with Crippen molar-refractivity contribution in [3.8, 4) is 0 Å². The fourth-order valence-corrected chi connectivity index (χ4v) is 6.95. The zero-order valence-corrected chi connectivity index (χ0v) is 15.8. The van der Waals surface area contributed by atoms with E-state index >= 15 is 0 Å². The summed E-state index contributed by atoms with van der Waals surface area (Å²) >= 11 is 6.12. The summed E-state index contributed by atoms with van der Waals surface area (Å²) in [5, 5.41) is 1.21. The Morgan fingerprint density at radius 3 is 2.61 bits per heavy atom. The zero-order valence-electron chi connectivity index (χ0n) is 13.3. The summed E-state index contributed by atoms with van der Waals surface area (Å²) in [6.45, 7) is 4.68. The molecule has 2 aromatic rings. The number of anilines is 1. The Balaban J connectivity index is 1.44. The molecule has 124 valence electrons. The summed E-state index contributed by atoms with van der Waals surface area (Å²) in [5.41, 5.74) is 1.14. The highest BCUT2D eigenvalue weighted by Crippen LogP contribution is 2.29. The number of hydrogen-bond donors (Lipinski definition) is 0. The molecule has 2 aliphatic heterocycles. The van der Waals surface area contributed by atoms with Crippen molar-refractivity contribution in [1.29, 1.82) is 0 Å². The molecular formula is C17H23N3S3. The number of thiazole rings is 1. The molecule has 6 heteroatoms. The molecule has 23 heavy (non-hydrogen) atoms. The topological polar surface area (TPSA) is 19.4 Å². The maximum absolute atomic E-state index is 4.85. The van der Waals surface area contributed by atoms with Gasteiger partial charge >= 0.3 is 0 Å². The van der Waals surface area contributed by atoms with Gasteiger partial charge in [0.1, 0.15) is 0 Å². The summed E-state index contributed by atoms with van der Waals surface area (Å²) in [7, 11) is 0. The first kappa shape index (κ1) is 16.1. The van der Waals surface area contributed by atoms with E-state index in [0.29, 0.717) is 0 Å². The third-order valence-corrected chi connectivity index (χ3v) is 8.17. The van der Waals surface area contributed by atoms with E-state index in [1.165, 1.54) is 52.4 Å². The van der Waals surface area contributed by atoms with Crippen LogP contribution in [0, 0.1) is 0 Å². The first-order chi connectivity index (χ1) is 11.4. The lowest BCUT2D eigenvalue weighted by Crippen LogP contribution is -2.41. The van der Waals surface area contributed by atoms with Gasteiger partial charge in [0.15, 0.2) is 5.13 Å². The van der Waals surface area contributed by atoms with Gasteiger partial charge in [0.25, 0.3) is 0 Å². The summed E-state index contributed by atoms with van der Waals surface area (Å²) in [6.07, 6.45) is 1.25. The molecule has 0 aliphatic carbocycles. The van der Waals surface area contributed by atoms with Crippen LogP contribution in [0.3, 0.4) is 0 Å². The minimum Gasteiger partial charge on any atom is -0.347 e. The molecule has 3 nitrogen and oxygen atoms in total. The van der Waals surface area contributed by atoms with Crippen LogP contribution in [0.5, 0.6) is 0 Å². The van der Waals surface area contributed by atoms with E-state index in [2.05, 4.69) is 57.6 Å². The Hall–Kier alpha value is -0.430. The Kier molecular flexibility index (Phi) is 5.33. The standard InChI is InChI=1S/C17H23N3S3/c1-2-5-16-15(4-1)18-17(23-16)20-7-3-6-19(8-9-20)14-12-21-10-11-22-13-14/h1-2,4-5,14H,3,6-13H2. The predicted molar refractivity (Wildman–Crippen MR) is 106 cm³/mol. The predicted octanol–water partition coefficient (Wildman–Crippen LogP) is 3.66. The highest BCUT2D eigenvalue weighted by molar-refractivity contribution is 8.03. The third kappa shape index (κ3) is 3.81. The molecule has 4 rings (SSSR count). The molecule has 2 aliphatic rings. The zero-order chi connectivity index (χ0) is 15.5. The lowest BCUT2D eigenvalue weighted by molar-refractivity contribution is 0.245. The molecule has 3 heterocycles. The Morgan fingerprint density at radius 2 is 1.78 bits per heavy atom. The summed E-state index contributed by atoms with van der Waals surface area (Å²) in [4.78, 5) is 10.1. The van der Waals surface area contributed by atoms with Gasteiger partial charge in [0.2, 0.25) is 0 Å². The van der Waals surface area contributed by atoms with Gasteiger partial charge in [-0.1, -0.05) is 23.5 Å². The number of hydrogen-bond acceptors (Lipinski definition) is 6. The minimum atomic E-state index is 0.766. The first-order valence-electron chi connectivity index (χ1n) is 8.40. The van der Waals surface area contributed by atoms with Crippen LogP contribution in [0.1, 0.15) is 6.42 Å². The second kappa shape index (κ2) is 7.64. The molecule has 1 aromatic heterocycles. The van der Waals surface area contributed by atoms with Gasteiger partial charge in [-0.25, -0.2) is 4.98 Å². The highest BCUT2D eigenvalue weighted by atomic mass is 32.2. The van der Waals surface area contributed by atoms with Gasteiger partial charge in [-0.05, 0) is 18.6 Å². The molecule has 0 radical (unpaired) electrons. The van der Waals surface area contributed by atoms with Crippen LogP contribution in [0.25, 0.3) is 10.2 Å². The maximum Gasteiger partial charge on any atom is 0.186 e. The van der Waals surface area contributed by atoms with E-state index in [9.17, 15) is 0 Å². The van der Waals surface area contributed by atoms with Crippen molar-refractivity contribution in [2.24, 2.45) is 0 Å². The van der Waals surface area contributed by atoms with Crippen molar-refractivity contribution >= 4 is 50.2 Å². The van der Waals surface area contributed by atoms with Gasteiger partial charge in [-0.15, -0.1) is 0 Å². The molecule has 0 unspecified atom stereocenters. The monoisotopic (exact) mass is 365 g/mol. The molecule has 1 aromatic carbocycles. The average molecular weight is 366 g/mol. The van der Waals surface area contributed by atoms with Gasteiger partial charge in [0, 0.05) is 55.2 Å². The average Bonchev–Trinajstić information content (AvgIpc) is 2.76. The van der Waals surface area contributed by atoms with Crippen LogP contribution in [0.2, 0.25) is 0 Å². The fraction of sp³-hybridized carbons (Fsp3) is 0.588. The number of rotatable bonds is 2. The number of fused-ring (bicyclic) bond motifs is 1. The summed E-state index contributed by atoms with van der Waals surface area (Å²) < 4.78 is 1.31. The smallest absolute Gasteiger partial charge is 0.186 e. The van der Waals surface area contributed by atoms with E-state index in [-0.39, 0.29) is 0 Å². The second-order valence-electron chi connectivity index (χ2n) is 6.14. The molecule has 0 bridgehead atoms. The van der Waals surface area contributed by atoms with Crippen LogP contribution in [-0.2, 0) is 0 Å². The van der Waals surface area contributed by atoms with Crippen LogP contribution in [0.15, 0.2) is 24.3 Å². The van der Waals surface area contributed by atoms with E-state index in [1.54, 1.807) is 0 Å². The quantitative estimate of drug-likeness (QED) is 0.806. The fourth-order valence-electron chi connectivity index (χ4n) is 3.30. The van der Waals surface area contributed by atoms with Crippen LogP contribution >= 0.6 is 34.9 Å². The van der Waals surface area contributed by atoms with Crippen molar-refractivity contribution in [2.75, 3.05) is 54.1 Å². The molecule has 0 saturated carbocycles. The SMILES string of the molecule is c1ccc2sc(N3CCCN(C4CSCCSC4)CC3)nc2c1. The van der Waals surface area contributed by atoms with Crippen molar-refractivity contribution in [2.45, 2.75) is 12.5 Å². The summed E-state index contributed by atoms with van der Waals surface area (Å²) in [5.74, 6) is 5.28. The Labute approximate surface area is 150 Å². The molecule has 0 amide bonds. The van der Waals surface area contributed by atoms with Gasteiger partial charge in [-0.3, -0.25) is 4.90 Å². The number of aromatic nitrogens is 1. The van der Waals surface area contributed by atoms with E-state index in [1.807, 2.05) is 11.3 Å². The first-order valence-corrected chi connectivity index (χ1v) is 11.5. The third-order valence-electron chi connectivity index (χ3n) is 4.59. The number of thioether (sulfide) groups is 2. The molecule has 2 fully saturated rings. The Morgan fingerprint density at radius 1 is 0.957 bits per heavy atom. The normalized spacial score (nSPS) is 22.2. The molecule has 0 atom stereocenters. The van der Waals surface area contributed by atoms with Crippen molar-refractivity contribution in [3.05, 3.63) is 24.3 Å². The summed E-state index contributed by atoms with van der Waals surface area (Å²) in [6, 6.07) is 9.26. The van der Waals surface area contributed by atoms with E-state index in [0.717, 1.165) is 24.6 Å². The van der Waals surface area contributed by atoms with Crippen LogP contribution in [0.4, 0.5) is 5.13 Å². The van der Waals surface area contributed by atoms with Gasteiger partial charge in [-0.2, -0.15) is 23.5 Å². The molecule has 2 saturated heterocycles. The minimum absolute atomic E-state index is 0.766. The van der Waals surface area contributed by atoms with Crippen molar-refractivity contribution in [3.63, 3.8) is 0 Å². The lowest BCUT2D eigenvalue weighted by Gasteiger charge is -2.29. The second-order valence-corrected chi connectivity index (χ2v) is 9.45. The lowest BCUT2D eigenvalue weighted by atomic mass is 10.3. The van der Waals surface area contributed by atoms with Crippen molar-refractivity contribution < 1.29 is 0 Å². The Bertz CT molecular complexity index is 604. The molecule has 0 spiro atoms. The van der Waals surface area contributed by atoms with E-state index < -0.39 is 0 Å². The van der Waals surface area contributed by atoms with Gasteiger partial charge < -0.3 is 4.90 Å². The highest BCUT2D eigenvalue weighted by Gasteiger charge is 2.24. The van der Waals surface area contributed by atoms with E-state index in [4.69, 9.17) is 4.98 Å². The molecular weight excluding hydrogens is 342 g/mol. The number of nitrogens with zero attached hydrogens (tertiary/aromatic N) is 3. The molecule has 0 N–H and O–H groups in total.